The van der Waals surface area contributed by atoms with Gasteiger partial charge in [0.25, 0.3) is 0 Å². The fourth-order valence-corrected chi connectivity index (χ4v) is 2.93. The summed E-state index contributed by atoms with van der Waals surface area (Å²) in [6.45, 7) is -1.18. The van der Waals surface area contributed by atoms with Gasteiger partial charge in [0.2, 0.25) is 0 Å². The van der Waals surface area contributed by atoms with Gasteiger partial charge in [-0.3, -0.25) is 4.90 Å². The molecule has 0 aromatic carbocycles. The van der Waals surface area contributed by atoms with Gasteiger partial charge in [-0.1, -0.05) is 25.7 Å². The Morgan fingerprint density at radius 3 is 2.00 bits per heavy atom. The lowest BCUT2D eigenvalue weighted by Gasteiger charge is -2.36. The van der Waals surface area contributed by atoms with Gasteiger partial charge in [0, 0.05) is 25.1 Å². The van der Waals surface area contributed by atoms with Gasteiger partial charge in [-0.05, 0) is 12.8 Å². The van der Waals surface area contributed by atoms with Crippen molar-refractivity contribution in [2.75, 3.05) is 32.8 Å². The van der Waals surface area contributed by atoms with Gasteiger partial charge in [-0.15, -0.1) is 0 Å². The fourth-order valence-electron chi connectivity index (χ4n) is 2.93. The Kier molecular flexibility index (Phi) is 6.56. The highest BCUT2D eigenvalue weighted by molar-refractivity contribution is 4.85. The van der Waals surface area contributed by atoms with Crippen molar-refractivity contribution in [1.82, 2.24) is 4.90 Å². The summed E-state index contributed by atoms with van der Waals surface area (Å²) in [6.07, 6.45) is 1.35. The molecule has 0 unspecified atom stereocenters. The van der Waals surface area contributed by atoms with Crippen LogP contribution in [0, 0.1) is 5.41 Å². The van der Waals surface area contributed by atoms with Gasteiger partial charge in [-0.25, -0.2) is 0 Å². The first-order valence-electron chi connectivity index (χ1n) is 6.92. The van der Waals surface area contributed by atoms with Crippen molar-refractivity contribution >= 4 is 0 Å². The van der Waals surface area contributed by atoms with Gasteiger partial charge in [0.15, 0.2) is 0 Å². The Bertz CT molecular complexity index is 251. The van der Waals surface area contributed by atoms with Crippen LogP contribution in [0.1, 0.15) is 38.5 Å². The molecular formula is C13H24F3NO2. The second-order valence-corrected chi connectivity index (χ2v) is 5.62. The first-order valence-corrected chi connectivity index (χ1v) is 6.92. The lowest BCUT2D eigenvalue weighted by Crippen LogP contribution is -2.45. The summed E-state index contributed by atoms with van der Waals surface area (Å²) in [5, 5.41) is 18.5. The summed E-state index contributed by atoms with van der Waals surface area (Å²) in [4.78, 5) is 1.22. The fraction of sp³-hybridized carbons (Fsp3) is 1.00. The van der Waals surface area contributed by atoms with Crippen LogP contribution in [0.15, 0.2) is 0 Å². The maximum Gasteiger partial charge on any atom is 0.401 e. The molecule has 3 nitrogen and oxygen atoms in total. The topological polar surface area (TPSA) is 43.7 Å². The molecule has 1 aliphatic rings. The third-order valence-corrected chi connectivity index (χ3v) is 3.88. The molecule has 19 heavy (non-hydrogen) atoms. The third kappa shape index (κ3) is 6.10. The Morgan fingerprint density at radius 1 is 1.00 bits per heavy atom. The van der Waals surface area contributed by atoms with Crippen LogP contribution in [0.3, 0.4) is 0 Å². The standard InChI is InChI=1S/C13H24F3NO2/c14-13(15,16)10-17(7-8-18)9-12(11-19)5-3-1-2-4-6-12/h18-19H,1-11H2. The highest BCUT2D eigenvalue weighted by Gasteiger charge is 2.36. The van der Waals surface area contributed by atoms with E-state index in [1.807, 2.05) is 0 Å². The van der Waals surface area contributed by atoms with Gasteiger partial charge in [0.05, 0.1) is 13.2 Å². The smallest absolute Gasteiger partial charge is 0.396 e. The molecule has 0 radical (unpaired) electrons. The molecule has 114 valence electrons. The molecule has 1 saturated carbocycles. The van der Waals surface area contributed by atoms with Crippen LogP contribution < -0.4 is 0 Å². The van der Waals surface area contributed by atoms with Crippen LogP contribution in [0.5, 0.6) is 0 Å². The lowest BCUT2D eigenvalue weighted by atomic mass is 9.80. The molecule has 0 heterocycles. The summed E-state index contributed by atoms with van der Waals surface area (Å²) in [7, 11) is 0. The molecule has 0 atom stereocenters. The number of hydrogen-bond donors (Lipinski definition) is 2. The van der Waals surface area contributed by atoms with Crippen LogP contribution in [0.25, 0.3) is 0 Å². The van der Waals surface area contributed by atoms with Gasteiger partial charge in [0.1, 0.15) is 0 Å². The van der Waals surface area contributed by atoms with E-state index in [1.54, 1.807) is 0 Å². The minimum absolute atomic E-state index is 0.00125. The predicted octanol–water partition coefficient (Wildman–Crippen LogP) is 2.18. The van der Waals surface area contributed by atoms with E-state index in [-0.39, 0.29) is 26.3 Å². The number of alkyl halides is 3. The van der Waals surface area contributed by atoms with Gasteiger partial charge < -0.3 is 10.2 Å². The lowest BCUT2D eigenvalue weighted by molar-refractivity contribution is -0.151. The molecule has 0 amide bonds. The Labute approximate surface area is 112 Å². The van der Waals surface area contributed by atoms with Gasteiger partial charge >= 0.3 is 6.18 Å². The van der Waals surface area contributed by atoms with Crippen molar-refractivity contribution in [3.63, 3.8) is 0 Å². The van der Waals surface area contributed by atoms with Crippen molar-refractivity contribution < 1.29 is 23.4 Å². The van der Waals surface area contributed by atoms with E-state index < -0.39 is 18.1 Å². The summed E-state index contributed by atoms with van der Waals surface area (Å²) >= 11 is 0. The van der Waals surface area contributed by atoms with Crippen molar-refractivity contribution in [1.29, 1.82) is 0 Å². The third-order valence-electron chi connectivity index (χ3n) is 3.88. The highest BCUT2D eigenvalue weighted by Crippen LogP contribution is 2.36. The molecule has 6 heteroatoms. The average Bonchev–Trinajstić information content (AvgIpc) is 2.53. The zero-order valence-corrected chi connectivity index (χ0v) is 11.3. The zero-order valence-electron chi connectivity index (χ0n) is 11.3. The van der Waals surface area contributed by atoms with E-state index in [9.17, 15) is 18.3 Å². The van der Waals surface area contributed by atoms with Crippen LogP contribution in [0.4, 0.5) is 13.2 Å². The Morgan fingerprint density at radius 2 is 1.58 bits per heavy atom. The average molecular weight is 283 g/mol. The van der Waals surface area contributed by atoms with E-state index >= 15 is 0 Å². The minimum Gasteiger partial charge on any atom is -0.396 e. The number of nitrogens with zero attached hydrogens (tertiary/aromatic N) is 1. The molecular weight excluding hydrogens is 259 g/mol. The van der Waals surface area contributed by atoms with E-state index in [1.165, 1.54) is 4.90 Å². The second-order valence-electron chi connectivity index (χ2n) is 5.62. The molecule has 0 spiro atoms. The minimum atomic E-state index is -4.27. The number of hydrogen-bond acceptors (Lipinski definition) is 3. The largest absolute Gasteiger partial charge is 0.401 e. The molecule has 1 aliphatic carbocycles. The number of rotatable bonds is 6. The summed E-state index contributed by atoms with van der Waals surface area (Å²) < 4.78 is 37.5. The van der Waals surface area contributed by atoms with E-state index in [0.29, 0.717) is 0 Å². The molecule has 0 bridgehead atoms. The summed E-state index contributed by atoms with van der Waals surface area (Å²) in [5.74, 6) is 0. The van der Waals surface area contributed by atoms with Gasteiger partial charge in [-0.2, -0.15) is 13.2 Å². The van der Waals surface area contributed by atoms with Crippen molar-refractivity contribution in [2.24, 2.45) is 5.41 Å². The number of aliphatic hydroxyl groups excluding tert-OH is 2. The maximum absolute atomic E-state index is 12.5. The first kappa shape index (κ1) is 16.7. The molecule has 0 saturated heterocycles. The van der Waals surface area contributed by atoms with Crippen LogP contribution in [0.2, 0.25) is 0 Å². The number of aliphatic hydroxyl groups is 2. The summed E-state index contributed by atoms with van der Waals surface area (Å²) in [6, 6.07) is 0. The molecule has 0 aromatic heterocycles. The van der Waals surface area contributed by atoms with E-state index in [4.69, 9.17) is 5.11 Å². The Hall–Kier alpha value is -0.330. The highest BCUT2D eigenvalue weighted by atomic mass is 19.4. The maximum atomic E-state index is 12.5. The normalized spacial score (nSPS) is 20.5. The second kappa shape index (κ2) is 7.45. The zero-order chi connectivity index (χ0) is 14.4. The van der Waals surface area contributed by atoms with Crippen molar-refractivity contribution in [3.05, 3.63) is 0 Å². The van der Waals surface area contributed by atoms with E-state index in [0.717, 1.165) is 38.5 Å². The Balaban J connectivity index is 2.67. The SMILES string of the molecule is OCCN(CC(F)(F)F)CC1(CO)CCCCCC1. The van der Waals surface area contributed by atoms with E-state index in [2.05, 4.69) is 0 Å². The van der Waals surface area contributed by atoms with Crippen molar-refractivity contribution in [2.45, 2.75) is 44.7 Å². The monoisotopic (exact) mass is 283 g/mol. The molecule has 1 rings (SSSR count). The van der Waals surface area contributed by atoms with Crippen molar-refractivity contribution in [3.8, 4) is 0 Å². The molecule has 0 aliphatic heterocycles. The molecule has 2 N–H and O–H groups in total. The molecule has 0 aromatic rings. The quantitative estimate of drug-likeness (QED) is 0.734. The van der Waals surface area contributed by atoms with Crippen LogP contribution in [-0.4, -0.2) is 54.1 Å². The molecule has 1 fully saturated rings. The number of halogens is 3. The van der Waals surface area contributed by atoms with Crippen LogP contribution >= 0.6 is 0 Å². The first-order chi connectivity index (χ1) is 8.91. The van der Waals surface area contributed by atoms with Crippen LogP contribution in [-0.2, 0) is 0 Å². The summed E-state index contributed by atoms with van der Waals surface area (Å²) in [5.41, 5.74) is -0.434. The predicted molar refractivity (Wildman–Crippen MR) is 66.8 cm³/mol.